The van der Waals surface area contributed by atoms with Crippen LogP contribution in [0.2, 0.25) is 0 Å². The maximum Gasteiger partial charge on any atom is 0.416 e. The lowest BCUT2D eigenvalue weighted by atomic mass is 9.89. The van der Waals surface area contributed by atoms with Crippen molar-refractivity contribution in [2.45, 2.75) is 70.5 Å². The summed E-state index contributed by atoms with van der Waals surface area (Å²) in [7, 11) is 0. The molecule has 1 N–H and O–H groups in total. The molecule has 0 saturated heterocycles. The number of rotatable bonds is 5. The predicted octanol–water partition coefficient (Wildman–Crippen LogP) is 7.15. The molecule has 0 saturated carbocycles. The van der Waals surface area contributed by atoms with E-state index in [0.29, 0.717) is 12.1 Å². The number of H-pyrrole nitrogens is 1. The summed E-state index contributed by atoms with van der Waals surface area (Å²) >= 11 is 0. The lowest BCUT2D eigenvalue weighted by Crippen LogP contribution is -2.47. The first kappa shape index (κ1) is 30.9. The number of hydrogen-bond donors (Lipinski definition) is 1. The van der Waals surface area contributed by atoms with Crippen molar-refractivity contribution < 1.29 is 49.0 Å². The Balaban J connectivity index is 1.88. The van der Waals surface area contributed by atoms with Gasteiger partial charge in [-0.25, -0.2) is 4.79 Å². The second-order valence-corrected chi connectivity index (χ2v) is 9.93. The Kier molecular flexibility index (Phi) is 8.08. The summed E-state index contributed by atoms with van der Waals surface area (Å²) < 4.78 is 128. The van der Waals surface area contributed by atoms with Crippen LogP contribution in [0.5, 0.6) is 0 Å². The van der Waals surface area contributed by atoms with Gasteiger partial charge in [-0.1, -0.05) is 5.10 Å². The Bertz CT molecular complexity index is 1390. The highest BCUT2D eigenvalue weighted by molar-refractivity contribution is 5.90. The van der Waals surface area contributed by atoms with E-state index in [1.807, 2.05) is 0 Å². The van der Waals surface area contributed by atoms with Gasteiger partial charge in [-0.15, -0.1) is 5.10 Å². The van der Waals surface area contributed by atoms with E-state index in [9.17, 15) is 44.3 Å². The first-order valence-corrected chi connectivity index (χ1v) is 12.4. The molecule has 0 spiro atoms. The summed E-state index contributed by atoms with van der Waals surface area (Å²) in [6.07, 6.45) is -16.6. The topological polar surface area (TPSA) is 87.2 Å². The van der Waals surface area contributed by atoms with Crippen LogP contribution in [0.4, 0.5) is 55.9 Å². The van der Waals surface area contributed by atoms with Gasteiger partial charge in [-0.3, -0.25) is 4.90 Å². The summed E-state index contributed by atoms with van der Waals surface area (Å²) in [6, 6.07) is 1.67. The van der Waals surface area contributed by atoms with Crippen molar-refractivity contribution in [3.05, 3.63) is 64.2 Å². The third kappa shape index (κ3) is 6.54. The number of aromatic nitrogens is 4. The van der Waals surface area contributed by atoms with Gasteiger partial charge in [0.15, 0.2) is 0 Å². The summed E-state index contributed by atoms with van der Waals surface area (Å²) in [5, 5.41) is 13.1. The molecular weight excluding hydrogens is 587 g/mol. The highest BCUT2D eigenvalue weighted by atomic mass is 19.4. The van der Waals surface area contributed by atoms with Crippen molar-refractivity contribution in [2.24, 2.45) is 0 Å². The van der Waals surface area contributed by atoms with Crippen LogP contribution in [0.3, 0.4) is 0 Å². The largest absolute Gasteiger partial charge is 0.446 e. The number of nitrogens with zero attached hydrogens (tertiary/aromatic N) is 5. The molecule has 2 aromatic carbocycles. The molecule has 2 unspecified atom stereocenters. The Hall–Kier alpha value is -4.05. The van der Waals surface area contributed by atoms with Gasteiger partial charge in [0.2, 0.25) is 0 Å². The number of alkyl halides is 9. The fourth-order valence-corrected chi connectivity index (χ4v) is 4.75. The number of anilines is 2. The van der Waals surface area contributed by atoms with Crippen molar-refractivity contribution in [2.75, 3.05) is 9.80 Å². The number of nitrogens with one attached hydrogen (secondary N) is 1. The minimum absolute atomic E-state index is 0.00548. The van der Waals surface area contributed by atoms with E-state index < -0.39 is 71.6 Å². The molecule has 1 aliphatic heterocycles. The zero-order valence-electron chi connectivity index (χ0n) is 22.1. The SMILES string of the molecule is CC(C)OC(=O)N1c2ccc(C(F)(F)F)cc2C(N(Cc2cc(C(F)(F)F)cc(C(F)(F)F)c2)c2nn[nH]n2)CC1C. The average molecular weight is 610 g/mol. The van der Waals surface area contributed by atoms with Crippen LogP contribution in [0.25, 0.3) is 0 Å². The maximum atomic E-state index is 13.8. The van der Waals surface area contributed by atoms with Gasteiger partial charge < -0.3 is 9.64 Å². The first-order valence-electron chi connectivity index (χ1n) is 12.4. The molecule has 228 valence electrons. The lowest BCUT2D eigenvalue weighted by Gasteiger charge is -2.43. The normalized spacial score (nSPS) is 17.8. The molecule has 1 amide bonds. The zero-order valence-corrected chi connectivity index (χ0v) is 22.1. The number of tetrazole rings is 1. The third-order valence-electron chi connectivity index (χ3n) is 6.48. The summed E-state index contributed by atoms with van der Waals surface area (Å²) in [4.78, 5) is 15.2. The van der Waals surface area contributed by atoms with Gasteiger partial charge in [-0.2, -0.15) is 44.7 Å². The molecule has 2 atom stereocenters. The van der Waals surface area contributed by atoms with Crippen LogP contribution in [-0.4, -0.2) is 38.9 Å². The van der Waals surface area contributed by atoms with Crippen molar-refractivity contribution in [1.82, 2.24) is 20.6 Å². The summed E-state index contributed by atoms with van der Waals surface area (Å²) in [5.41, 5.74) is -4.80. The van der Waals surface area contributed by atoms with E-state index in [4.69, 9.17) is 4.74 Å². The first-order chi connectivity index (χ1) is 19.4. The number of aromatic amines is 1. The average Bonchev–Trinajstić information content (AvgIpc) is 3.39. The fourth-order valence-electron chi connectivity index (χ4n) is 4.75. The molecule has 1 aliphatic rings. The Morgan fingerprint density at radius 2 is 1.57 bits per heavy atom. The van der Waals surface area contributed by atoms with E-state index in [2.05, 4.69) is 20.6 Å². The van der Waals surface area contributed by atoms with Gasteiger partial charge in [-0.05, 0) is 79.9 Å². The van der Waals surface area contributed by atoms with E-state index in [1.54, 1.807) is 20.8 Å². The Morgan fingerprint density at radius 1 is 0.976 bits per heavy atom. The lowest BCUT2D eigenvalue weighted by molar-refractivity contribution is -0.143. The fraction of sp³-hybridized carbons (Fsp3) is 0.440. The molecule has 42 heavy (non-hydrogen) atoms. The van der Waals surface area contributed by atoms with Crippen LogP contribution in [-0.2, 0) is 29.8 Å². The number of halogens is 9. The molecule has 0 radical (unpaired) electrons. The van der Waals surface area contributed by atoms with Gasteiger partial charge in [0.05, 0.1) is 34.5 Å². The third-order valence-corrected chi connectivity index (χ3v) is 6.48. The standard InChI is InChI=1S/C25H23F9N6O2/c1-12(2)42-22(41)40-13(3)6-20(18-10-15(23(26,27)28)4-5-19(18)40)39(21-35-37-38-36-21)11-14-7-16(24(29,30)31)9-17(8-14)25(32,33)34/h4-5,7-10,12-13,20H,6,11H2,1-3H3,(H,35,36,37,38). The predicted molar refractivity (Wildman–Crippen MR) is 129 cm³/mol. The highest BCUT2D eigenvalue weighted by Gasteiger charge is 2.42. The number of benzene rings is 2. The van der Waals surface area contributed by atoms with Crippen molar-refractivity contribution in [3.8, 4) is 0 Å². The summed E-state index contributed by atoms with van der Waals surface area (Å²) in [5.74, 6) is -0.306. The highest BCUT2D eigenvalue weighted by Crippen LogP contribution is 2.45. The minimum Gasteiger partial charge on any atom is -0.446 e. The molecule has 0 aliphatic carbocycles. The van der Waals surface area contributed by atoms with Crippen LogP contribution >= 0.6 is 0 Å². The van der Waals surface area contributed by atoms with Gasteiger partial charge in [0, 0.05) is 12.6 Å². The molecule has 1 aromatic heterocycles. The van der Waals surface area contributed by atoms with Gasteiger partial charge in [0.25, 0.3) is 5.95 Å². The zero-order chi connectivity index (χ0) is 31.2. The second kappa shape index (κ2) is 11.0. The molecule has 17 heteroatoms. The molecular formula is C25H23F9N6O2. The van der Waals surface area contributed by atoms with E-state index >= 15 is 0 Å². The maximum absolute atomic E-state index is 13.8. The minimum atomic E-state index is -5.13. The van der Waals surface area contributed by atoms with E-state index in [0.717, 1.165) is 28.0 Å². The molecule has 2 heterocycles. The Morgan fingerprint density at radius 3 is 2.07 bits per heavy atom. The van der Waals surface area contributed by atoms with Gasteiger partial charge >= 0.3 is 24.6 Å². The van der Waals surface area contributed by atoms with E-state index in [1.165, 1.54) is 0 Å². The number of carbonyl (C=O) groups excluding carboxylic acids is 1. The van der Waals surface area contributed by atoms with Crippen LogP contribution in [0.1, 0.15) is 61.1 Å². The van der Waals surface area contributed by atoms with Crippen LogP contribution in [0.15, 0.2) is 36.4 Å². The number of hydrogen-bond acceptors (Lipinski definition) is 6. The molecule has 3 aromatic rings. The van der Waals surface area contributed by atoms with Crippen molar-refractivity contribution >= 4 is 17.7 Å². The molecule has 8 nitrogen and oxygen atoms in total. The van der Waals surface area contributed by atoms with Gasteiger partial charge in [0.1, 0.15) is 0 Å². The molecule has 4 rings (SSSR count). The van der Waals surface area contributed by atoms with Crippen LogP contribution < -0.4 is 9.80 Å². The second-order valence-electron chi connectivity index (χ2n) is 9.93. The number of ether oxygens (including phenoxy) is 1. The Labute approximate surface area is 232 Å². The number of fused-ring (bicyclic) bond motifs is 1. The van der Waals surface area contributed by atoms with Crippen LogP contribution in [0, 0.1) is 0 Å². The number of carbonyl (C=O) groups is 1. The molecule has 0 bridgehead atoms. The monoisotopic (exact) mass is 610 g/mol. The van der Waals surface area contributed by atoms with Crippen molar-refractivity contribution in [1.29, 1.82) is 0 Å². The quantitative estimate of drug-likeness (QED) is 0.309. The molecule has 0 fully saturated rings. The smallest absolute Gasteiger partial charge is 0.416 e. The van der Waals surface area contributed by atoms with Crippen molar-refractivity contribution in [3.63, 3.8) is 0 Å². The summed E-state index contributed by atoms with van der Waals surface area (Å²) in [6.45, 7) is 4.03. The number of amides is 1. The van der Waals surface area contributed by atoms with E-state index in [-0.39, 0.29) is 29.7 Å².